The number of aliphatic carboxylic acids is 1. The van der Waals surface area contributed by atoms with Crippen molar-refractivity contribution >= 4 is 11.9 Å². The molecular weight excluding hydrogens is 256 g/mol. The van der Waals surface area contributed by atoms with Crippen LogP contribution in [0.3, 0.4) is 0 Å². The number of hydrogen-bond donors (Lipinski definition) is 1. The van der Waals surface area contributed by atoms with Crippen LogP contribution in [0, 0.1) is 5.92 Å². The Kier molecular flexibility index (Phi) is 5.31. The third-order valence-corrected chi connectivity index (χ3v) is 3.05. The van der Waals surface area contributed by atoms with Crippen LogP contribution in [0.5, 0.6) is 0 Å². The smallest absolute Gasteiger partial charge is 0.307 e. The van der Waals surface area contributed by atoms with Crippen molar-refractivity contribution in [2.75, 3.05) is 0 Å². The van der Waals surface area contributed by atoms with Crippen LogP contribution in [-0.2, 0) is 14.3 Å². The molecule has 0 fully saturated rings. The first-order valence-electron chi connectivity index (χ1n) is 6.70. The Hall–Kier alpha value is -1.84. The molecule has 0 radical (unpaired) electrons. The summed E-state index contributed by atoms with van der Waals surface area (Å²) in [5.41, 5.74) is 0.305. The number of esters is 1. The highest BCUT2D eigenvalue weighted by Crippen LogP contribution is 2.28. The molecule has 4 nitrogen and oxygen atoms in total. The van der Waals surface area contributed by atoms with Crippen LogP contribution in [0.2, 0.25) is 0 Å². The van der Waals surface area contributed by atoms with Crippen molar-refractivity contribution in [1.82, 2.24) is 0 Å². The number of rotatable bonds is 5. The van der Waals surface area contributed by atoms with Gasteiger partial charge in [-0.2, -0.15) is 0 Å². The van der Waals surface area contributed by atoms with Crippen molar-refractivity contribution in [2.45, 2.75) is 45.6 Å². The molecule has 0 heterocycles. The topological polar surface area (TPSA) is 63.6 Å². The third-order valence-electron chi connectivity index (χ3n) is 3.05. The van der Waals surface area contributed by atoms with E-state index in [0.717, 1.165) is 5.56 Å². The van der Waals surface area contributed by atoms with Crippen LogP contribution >= 0.6 is 0 Å². The zero-order valence-corrected chi connectivity index (χ0v) is 12.4. The summed E-state index contributed by atoms with van der Waals surface area (Å²) in [6, 6.07) is 9.34. The molecule has 1 unspecified atom stereocenters. The molecule has 110 valence electrons. The number of carbonyl (C=O) groups is 2. The molecule has 0 aliphatic carbocycles. The molecule has 1 aromatic rings. The summed E-state index contributed by atoms with van der Waals surface area (Å²) >= 11 is 0. The first kappa shape index (κ1) is 16.2. The SMILES string of the molecule is C[C@@H](c1ccccc1)C(CC(=O)OC(C)(C)C)C(=O)O. The maximum absolute atomic E-state index is 11.8. The van der Waals surface area contributed by atoms with Crippen molar-refractivity contribution in [3.8, 4) is 0 Å². The maximum atomic E-state index is 11.8. The second kappa shape index (κ2) is 6.55. The van der Waals surface area contributed by atoms with Gasteiger partial charge in [0.25, 0.3) is 0 Å². The quantitative estimate of drug-likeness (QED) is 0.840. The van der Waals surface area contributed by atoms with Gasteiger partial charge in [-0.25, -0.2) is 0 Å². The van der Waals surface area contributed by atoms with E-state index in [1.165, 1.54) is 0 Å². The molecule has 0 amide bonds. The number of carboxylic acid groups (broad SMARTS) is 1. The second-order valence-corrected chi connectivity index (χ2v) is 5.93. The first-order chi connectivity index (χ1) is 9.20. The fraction of sp³-hybridized carbons (Fsp3) is 0.500. The minimum Gasteiger partial charge on any atom is -0.481 e. The molecule has 20 heavy (non-hydrogen) atoms. The summed E-state index contributed by atoms with van der Waals surface area (Å²) < 4.78 is 5.20. The van der Waals surface area contributed by atoms with Crippen LogP contribution in [0.25, 0.3) is 0 Å². The van der Waals surface area contributed by atoms with Gasteiger partial charge in [0.1, 0.15) is 5.60 Å². The van der Waals surface area contributed by atoms with Crippen LogP contribution in [-0.4, -0.2) is 22.6 Å². The summed E-state index contributed by atoms with van der Waals surface area (Å²) in [6.07, 6.45) is -0.122. The predicted molar refractivity (Wildman–Crippen MR) is 76.4 cm³/mol. The summed E-state index contributed by atoms with van der Waals surface area (Å²) in [4.78, 5) is 23.2. The van der Waals surface area contributed by atoms with Gasteiger partial charge in [-0.3, -0.25) is 9.59 Å². The van der Waals surface area contributed by atoms with Crippen LogP contribution in [0.4, 0.5) is 0 Å². The molecule has 0 saturated heterocycles. The monoisotopic (exact) mass is 278 g/mol. The highest BCUT2D eigenvalue weighted by atomic mass is 16.6. The lowest BCUT2D eigenvalue weighted by atomic mass is 9.85. The number of carbonyl (C=O) groups excluding carboxylic acids is 1. The molecule has 0 aliphatic rings. The average molecular weight is 278 g/mol. The molecule has 0 spiro atoms. The van der Waals surface area contributed by atoms with Crippen LogP contribution in [0.15, 0.2) is 30.3 Å². The average Bonchev–Trinajstić information content (AvgIpc) is 2.34. The van der Waals surface area contributed by atoms with E-state index in [2.05, 4.69) is 0 Å². The van der Waals surface area contributed by atoms with E-state index >= 15 is 0 Å². The van der Waals surface area contributed by atoms with E-state index in [4.69, 9.17) is 4.74 Å². The lowest BCUT2D eigenvalue weighted by Gasteiger charge is -2.23. The van der Waals surface area contributed by atoms with E-state index in [-0.39, 0.29) is 12.3 Å². The summed E-state index contributed by atoms with van der Waals surface area (Å²) in [7, 11) is 0. The van der Waals surface area contributed by atoms with Gasteiger partial charge in [-0.1, -0.05) is 37.3 Å². The van der Waals surface area contributed by atoms with E-state index in [1.807, 2.05) is 37.3 Å². The minimum atomic E-state index is -0.979. The number of benzene rings is 1. The number of ether oxygens (including phenoxy) is 1. The second-order valence-electron chi connectivity index (χ2n) is 5.93. The fourth-order valence-corrected chi connectivity index (χ4v) is 2.03. The molecule has 0 saturated carbocycles. The maximum Gasteiger partial charge on any atom is 0.307 e. The number of carboxylic acids is 1. The van der Waals surface area contributed by atoms with E-state index in [9.17, 15) is 14.7 Å². The van der Waals surface area contributed by atoms with Gasteiger partial charge in [0.05, 0.1) is 12.3 Å². The van der Waals surface area contributed by atoms with Gasteiger partial charge in [0, 0.05) is 0 Å². The summed E-state index contributed by atoms with van der Waals surface area (Å²) in [6.45, 7) is 7.11. The normalized spacial score (nSPS) is 14.4. The third kappa shape index (κ3) is 5.03. The van der Waals surface area contributed by atoms with Gasteiger partial charge >= 0.3 is 11.9 Å². The largest absolute Gasteiger partial charge is 0.481 e. The standard InChI is InChI=1S/C16H22O4/c1-11(12-8-6-5-7-9-12)13(15(18)19)10-14(17)20-16(2,3)4/h5-9,11,13H,10H2,1-4H3,(H,18,19)/t11-,13?/m0/s1. The van der Waals surface area contributed by atoms with Gasteiger partial charge < -0.3 is 9.84 Å². The van der Waals surface area contributed by atoms with E-state index in [0.29, 0.717) is 0 Å². The van der Waals surface area contributed by atoms with E-state index in [1.54, 1.807) is 20.8 Å². The van der Waals surface area contributed by atoms with Crippen molar-refractivity contribution in [3.63, 3.8) is 0 Å². The van der Waals surface area contributed by atoms with Gasteiger partial charge in [0.15, 0.2) is 0 Å². The fourth-order valence-electron chi connectivity index (χ4n) is 2.03. The first-order valence-corrected chi connectivity index (χ1v) is 6.70. The molecule has 1 rings (SSSR count). The molecule has 2 atom stereocenters. The zero-order chi connectivity index (χ0) is 15.3. The summed E-state index contributed by atoms with van der Waals surface area (Å²) in [5, 5.41) is 9.34. The van der Waals surface area contributed by atoms with Crippen LogP contribution < -0.4 is 0 Å². The zero-order valence-electron chi connectivity index (χ0n) is 12.4. The Labute approximate surface area is 119 Å². The predicted octanol–water partition coefficient (Wildman–Crippen LogP) is 3.22. The Morgan fingerprint density at radius 2 is 1.75 bits per heavy atom. The summed E-state index contributed by atoms with van der Waals surface area (Å²) in [5.74, 6) is -2.49. The molecule has 1 N–H and O–H groups in total. The number of hydrogen-bond acceptors (Lipinski definition) is 3. The molecular formula is C16H22O4. The Bertz CT molecular complexity index is 459. The lowest BCUT2D eigenvalue weighted by molar-refractivity contribution is -0.160. The van der Waals surface area contributed by atoms with Crippen molar-refractivity contribution in [2.24, 2.45) is 5.92 Å². The Morgan fingerprint density at radius 1 is 1.20 bits per heavy atom. The van der Waals surface area contributed by atoms with Crippen LogP contribution in [0.1, 0.15) is 45.6 Å². The molecule has 0 aliphatic heterocycles. The minimum absolute atomic E-state index is 0.122. The Balaban J connectivity index is 2.80. The van der Waals surface area contributed by atoms with Crippen molar-refractivity contribution < 1.29 is 19.4 Å². The van der Waals surface area contributed by atoms with Crippen molar-refractivity contribution in [3.05, 3.63) is 35.9 Å². The molecule has 0 bridgehead atoms. The van der Waals surface area contributed by atoms with Gasteiger partial charge in [0.2, 0.25) is 0 Å². The molecule has 0 aromatic heterocycles. The van der Waals surface area contributed by atoms with Gasteiger partial charge in [-0.05, 0) is 32.3 Å². The molecule has 4 heteroatoms. The lowest BCUT2D eigenvalue weighted by Crippen LogP contribution is -2.29. The Morgan fingerprint density at radius 3 is 2.20 bits per heavy atom. The van der Waals surface area contributed by atoms with Crippen molar-refractivity contribution in [1.29, 1.82) is 0 Å². The molecule has 1 aromatic carbocycles. The van der Waals surface area contributed by atoms with Gasteiger partial charge in [-0.15, -0.1) is 0 Å². The highest BCUT2D eigenvalue weighted by Gasteiger charge is 2.30. The highest BCUT2D eigenvalue weighted by molar-refractivity contribution is 5.79. The van der Waals surface area contributed by atoms with E-state index < -0.39 is 23.5 Å².